The Bertz CT molecular complexity index is 674. The molecule has 122 valence electrons. The molecule has 2 rings (SSSR count). The van der Waals surface area contributed by atoms with Gasteiger partial charge in [-0.1, -0.05) is 6.07 Å². The van der Waals surface area contributed by atoms with Crippen molar-refractivity contribution in [2.24, 2.45) is 0 Å². The van der Waals surface area contributed by atoms with Gasteiger partial charge in [-0.15, -0.1) is 0 Å². The molecule has 1 aromatic carbocycles. The summed E-state index contributed by atoms with van der Waals surface area (Å²) in [5, 5.41) is 5.60. The van der Waals surface area contributed by atoms with Gasteiger partial charge in [0.15, 0.2) is 11.5 Å². The quantitative estimate of drug-likeness (QED) is 0.860. The third kappa shape index (κ3) is 4.88. The van der Waals surface area contributed by atoms with E-state index in [4.69, 9.17) is 9.47 Å². The van der Waals surface area contributed by atoms with Gasteiger partial charge in [-0.2, -0.15) is 0 Å². The van der Waals surface area contributed by atoms with Crippen LogP contribution >= 0.6 is 0 Å². The van der Waals surface area contributed by atoms with Crippen LogP contribution in [0, 0.1) is 6.92 Å². The van der Waals surface area contributed by atoms with E-state index in [0.29, 0.717) is 24.5 Å². The SMILES string of the molecule is COc1ccc(CCNC(=O)Nc2ccnc(C)c2)cc1OC. The first-order valence-electron chi connectivity index (χ1n) is 7.31. The van der Waals surface area contributed by atoms with Gasteiger partial charge in [0, 0.05) is 24.1 Å². The Labute approximate surface area is 135 Å². The number of nitrogens with zero attached hydrogens (tertiary/aromatic N) is 1. The fraction of sp³-hybridized carbons (Fsp3) is 0.294. The molecule has 0 spiro atoms. The highest BCUT2D eigenvalue weighted by atomic mass is 16.5. The normalized spacial score (nSPS) is 10.0. The van der Waals surface area contributed by atoms with Gasteiger partial charge in [-0.25, -0.2) is 4.79 Å². The summed E-state index contributed by atoms with van der Waals surface area (Å²) < 4.78 is 10.5. The maximum absolute atomic E-state index is 11.9. The molecule has 0 unspecified atom stereocenters. The molecule has 6 nitrogen and oxygen atoms in total. The molecular formula is C17H21N3O3. The summed E-state index contributed by atoms with van der Waals surface area (Å²) in [4.78, 5) is 15.9. The molecule has 0 saturated heterocycles. The second-order valence-corrected chi connectivity index (χ2v) is 5.01. The molecular weight excluding hydrogens is 294 g/mol. The zero-order valence-corrected chi connectivity index (χ0v) is 13.6. The number of aryl methyl sites for hydroxylation is 1. The first kappa shape index (κ1) is 16.6. The Morgan fingerprint density at radius 1 is 1.13 bits per heavy atom. The van der Waals surface area contributed by atoms with Crippen LogP contribution in [0.1, 0.15) is 11.3 Å². The van der Waals surface area contributed by atoms with E-state index in [-0.39, 0.29) is 6.03 Å². The van der Waals surface area contributed by atoms with Gasteiger partial charge in [-0.05, 0) is 43.2 Å². The molecule has 0 aliphatic rings. The highest BCUT2D eigenvalue weighted by Crippen LogP contribution is 2.27. The molecule has 2 N–H and O–H groups in total. The summed E-state index contributed by atoms with van der Waals surface area (Å²) in [7, 11) is 3.20. The van der Waals surface area contributed by atoms with Crippen molar-refractivity contribution in [1.82, 2.24) is 10.3 Å². The molecule has 23 heavy (non-hydrogen) atoms. The monoisotopic (exact) mass is 315 g/mol. The average Bonchev–Trinajstić information content (AvgIpc) is 2.54. The minimum Gasteiger partial charge on any atom is -0.493 e. The smallest absolute Gasteiger partial charge is 0.319 e. The number of methoxy groups -OCH3 is 2. The molecule has 0 bridgehead atoms. The van der Waals surface area contributed by atoms with E-state index in [1.807, 2.05) is 31.2 Å². The Morgan fingerprint density at radius 3 is 2.61 bits per heavy atom. The Morgan fingerprint density at radius 2 is 1.91 bits per heavy atom. The number of benzene rings is 1. The van der Waals surface area contributed by atoms with Gasteiger partial charge >= 0.3 is 6.03 Å². The van der Waals surface area contributed by atoms with E-state index in [1.54, 1.807) is 26.5 Å². The van der Waals surface area contributed by atoms with Gasteiger partial charge in [0.2, 0.25) is 0 Å². The van der Waals surface area contributed by atoms with Crippen LogP contribution in [0.3, 0.4) is 0 Å². The molecule has 0 atom stereocenters. The second kappa shape index (κ2) is 8.03. The van der Waals surface area contributed by atoms with E-state index < -0.39 is 0 Å². The number of carbonyl (C=O) groups excluding carboxylic acids is 1. The third-order valence-corrected chi connectivity index (χ3v) is 3.30. The summed E-state index contributed by atoms with van der Waals surface area (Å²) in [6, 6.07) is 9.04. The van der Waals surface area contributed by atoms with E-state index in [0.717, 1.165) is 16.9 Å². The molecule has 1 heterocycles. The number of amides is 2. The van der Waals surface area contributed by atoms with Crippen LogP contribution in [0.15, 0.2) is 36.5 Å². The average molecular weight is 315 g/mol. The number of rotatable bonds is 6. The third-order valence-electron chi connectivity index (χ3n) is 3.30. The maximum atomic E-state index is 11.9. The van der Waals surface area contributed by atoms with Gasteiger partial charge in [-0.3, -0.25) is 4.98 Å². The van der Waals surface area contributed by atoms with Crippen molar-refractivity contribution in [2.45, 2.75) is 13.3 Å². The summed E-state index contributed by atoms with van der Waals surface area (Å²) in [5.74, 6) is 1.37. The van der Waals surface area contributed by atoms with Crippen LogP contribution in [0.2, 0.25) is 0 Å². The summed E-state index contributed by atoms with van der Waals surface area (Å²) in [6.45, 7) is 2.39. The first-order chi connectivity index (χ1) is 11.1. The summed E-state index contributed by atoms with van der Waals surface area (Å²) in [5.41, 5.74) is 2.64. The number of aromatic nitrogens is 1. The lowest BCUT2D eigenvalue weighted by Crippen LogP contribution is -2.30. The molecule has 0 saturated carbocycles. The number of carbonyl (C=O) groups is 1. The van der Waals surface area contributed by atoms with Crippen LogP contribution in [0.5, 0.6) is 11.5 Å². The molecule has 2 aromatic rings. The van der Waals surface area contributed by atoms with E-state index in [2.05, 4.69) is 15.6 Å². The van der Waals surface area contributed by atoms with Crippen LogP contribution in [-0.2, 0) is 6.42 Å². The number of urea groups is 1. The van der Waals surface area contributed by atoms with Crippen molar-refractivity contribution in [3.05, 3.63) is 47.8 Å². The van der Waals surface area contributed by atoms with Gasteiger partial charge < -0.3 is 20.1 Å². The topological polar surface area (TPSA) is 72.5 Å². The van der Waals surface area contributed by atoms with Crippen LogP contribution in [0.25, 0.3) is 0 Å². The van der Waals surface area contributed by atoms with Crippen LogP contribution in [0.4, 0.5) is 10.5 Å². The van der Waals surface area contributed by atoms with E-state index in [9.17, 15) is 4.79 Å². The fourth-order valence-corrected chi connectivity index (χ4v) is 2.16. The van der Waals surface area contributed by atoms with Crippen molar-refractivity contribution in [2.75, 3.05) is 26.1 Å². The van der Waals surface area contributed by atoms with Gasteiger partial charge in [0.05, 0.1) is 14.2 Å². The fourth-order valence-electron chi connectivity index (χ4n) is 2.16. The van der Waals surface area contributed by atoms with E-state index >= 15 is 0 Å². The maximum Gasteiger partial charge on any atom is 0.319 e. The lowest BCUT2D eigenvalue weighted by Gasteiger charge is -2.10. The minimum atomic E-state index is -0.240. The van der Waals surface area contributed by atoms with Gasteiger partial charge in [0.25, 0.3) is 0 Å². The largest absolute Gasteiger partial charge is 0.493 e. The number of anilines is 1. The summed E-state index contributed by atoms with van der Waals surface area (Å²) in [6.07, 6.45) is 2.36. The number of pyridine rings is 1. The zero-order valence-electron chi connectivity index (χ0n) is 13.6. The predicted molar refractivity (Wildman–Crippen MR) is 89.2 cm³/mol. The predicted octanol–water partition coefficient (Wildman–Crippen LogP) is 2.77. The highest BCUT2D eigenvalue weighted by Gasteiger charge is 2.06. The first-order valence-corrected chi connectivity index (χ1v) is 7.31. The Hall–Kier alpha value is -2.76. The molecule has 0 aliphatic carbocycles. The molecule has 0 aliphatic heterocycles. The lowest BCUT2D eigenvalue weighted by molar-refractivity contribution is 0.252. The second-order valence-electron chi connectivity index (χ2n) is 5.01. The highest BCUT2D eigenvalue weighted by molar-refractivity contribution is 5.89. The van der Waals surface area contributed by atoms with E-state index in [1.165, 1.54) is 0 Å². The Balaban J connectivity index is 1.83. The molecule has 0 fully saturated rings. The summed E-state index contributed by atoms with van der Waals surface area (Å²) >= 11 is 0. The zero-order chi connectivity index (χ0) is 16.7. The van der Waals surface area contributed by atoms with Crippen molar-refractivity contribution in [3.63, 3.8) is 0 Å². The standard InChI is InChI=1S/C17H21N3O3/c1-12-10-14(7-9-18-12)20-17(21)19-8-6-13-4-5-15(22-2)16(11-13)23-3/h4-5,7,9-11H,6,8H2,1-3H3,(H2,18,19,20,21). The number of nitrogens with one attached hydrogen (secondary N) is 2. The lowest BCUT2D eigenvalue weighted by atomic mass is 10.1. The minimum absolute atomic E-state index is 0.240. The molecule has 0 radical (unpaired) electrons. The van der Waals surface area contributed by atoms with Crippen molar-refractivity contribution >= 4 is 11.7 Å². The number of ether oxygens (including phenoxy) is 2. The van der Waals surface area contributed by atoms with Crippen molar-refractivity contribution < 1.29 is 14.3 Å². The molecule has 2 amide bonds. The van der Waals surface area contributed by atoms with Crippen molar-refractivity contribution in [3.8, 4) is 11.5 Å². The molecule has 6 heteroatoms. The number of hydrogen-bond acceptors (Lipinski definition) is 4. The van der Waals surface area contributed by atoms with Crippen LogP contribution < -0.4 is 20.1 Å². The van der Waals surface area contributed by atoms with Crippen LogP contribution in [-0.4, -0.2) is 31.8 Å². The molecule has 1 aromatic heterocycles. The number of hydrogen-bond donors (Lipinski definition) is 2. The van der Waals surface area contributed by atoms with Gasteiger partial charge in [0.1, 0.15) is 0 Å². The van der Waals surface area contributed by atoms with Crippen molar-refractivity contribution in [1.29, 1.82) is 0 Å². The Kier molecular flexibility index (Phi) is 5.80.